The molecule has 3 aromatic rings. The van der Waals surface area contributed by atoms with Gasteiger partial charge in [-0.2, -0.15) is 13.2 Å². The van der Waals surface area contributed by atoms with E-state index in [4.69, 9.17) is 9.47 Å². The minimum atomic E-state index is -4.66. The van der Waals surface area contributed by atoms with Crippen molar-refractivity contribution in [3.05, 3.63) is 72.3 Å². The quantitative estimate of drug-likeness (QED) is 0.460. The van der Waals surface area contributed by atoms with Crippen LogP contribution in [0.4, 0.5) is 22.4 Å². The molecule has 4 rings (SSSR count). The molecule has 36 heavy (non-hydrogen) atoms. The second-order valence-electron chi connectivity index (χ2n) is 8.00. The van der Waals surface area contributed by atoms with Gasteiger partial charge in [0, 0.05) is 6.07 Å². The van der Waals surface area contributed by atoms with E-state index in [1.54, 1.807) is 0 Å². The van der Waals surface area contributed by atoms with Crippen LogP contribution in [-0.2, 0) is 11.0 Å². The van der Waals surface area contributed by atoms with E-state index in [2.05, 4.69) is 25.6 Å². The van der Waals surface area contributed by atoms with Crippen LogP contribution in [-0.4, -0.2) is 32.5 Å². The van der Waals surface area contributed by atoms with E-state index >= 15 is 0 Å². The summed E-state index contributed by atoms with van der Waals surface area (Å²) in [6.07, 6.45) is 0.00880. The van der Waals surface area contributed by atoms with Crippen LogP contribution in [0, 0.1) is 5.82 Å². The van der Waals surface area contributed by atoms with Crippen molar-refractivity contribution in [3.8, 4) is 17.2 Å². The summed E-state index contributed by atoms with van der Waals surface area (Å²) >= 11 is 0. The van der Waals surface area contributed by atoms with Gasteiger partial charge in [-0.15, -0.1) is 0 Å². The van der Waals surface area contributed by atoms with E-state index in [0.29, 0.717) is 12.8 Å². The number of rotatable bonds is 7. The van der Waals surface area contributed by atoms with Crippen LogP contribution < -0.4 is 20.1 Å². The standard InChI is InChI=1S/C23H19F4N5O4/c1-13(31-20(33)22(6-7-22)32-21(34)36-15-9-28-12-29-10-15)19-17(24)8-14(11-30-19)35-18-5-3-2-4-16(18)23(25,26)27/h2-5,8-13H,6-7H2,1H3,(H,31,33)(H,32,34). The van der Waals surface area contributed by atoms with Crippen molar-refractivity contribution in [2.45, 2.75) is 37.5 Å². The average molecular weight is 505 g/mol. The number of alkyl halides is 3. The van der Waals surface area contributed by atoms with E-state index in [9.17, 15) is 27.2 Å². The van der Waals surface area contributed by atoms with E-state index in [1.807, 2.05) is 0 Å². The Hall–Kier alpha value is -4.29. The highest BCUT2D eigenvalue weighted by Gasteiger charge is 2.52. The highest BCUT2D eigenvalue weighted by Crippen LogP contribution is 2.38. The smallest absolute Gasteiger partial charge is 0.419 e. The molecule has 0 saturated heterocycles. The summed E-state index contributed by atoms with van der Waals surface area (Å²) in [6.45, 7) is 1.47. The molecule has 1 aliphatic rings. The van der Waals surface area contributed by atoms with Crippen LogP contribution in [0.3, 0.4) is 0 Å². The number of para-hydroxylation sites is 1. The number of benzene rings is 1. The van der Waals surface area contributed by atoms with Gasteiger partial charge >= 0.3 is 12.3 Å². The predicted octanol–water partition coefficient (Wildman–Crippen LogP) is 4.32. The topological polar surface area (TPSA) is 115 Å². The van der Waals surface area contributed by atoms with E-state index in [0.717, 1.165) is 24.4 Å². The molecular formula is C23H19F4N5O4. The molecule has 2 heterocycles. The normalized spacial score (nSPS) is 14.9. The molecule has 13 heteroatoms. The summed E-state index contributed by atoms with van der Waals surface area (Å²) in [5.74, 6) is -2.13. The summed E-state index contributed by atoms with van der Waals surface area (Å²) in [5.41, 5.74) is -2.41. The summed E-state index contributed by atoms with van der Waals surface area (Å²) in [7, 11) is 0. The summed E-state index contributed by atoms with van der Waals surface area (Å²) < 4.78 is 64.5. The number of amides is 2. The monoisotopic (exact) mass is 505 g/mol. The van der Waals surface area contributed by atoms with Crippen LogP contribution in [0.2, 0.25) is 0 Å². The Labute approximate surface area is 201 Å². The number of pyridine rings is 1. The summed E-state index contributed by atoms with van der Waals surface area (Å²) in [5, 5.41) is 5.07. The molecule has 188 valence electrons. The SMILES string of the molecule is CC(NC(=O)C1(NC(=O)Oc2cncnc2)CC1)c1ncc(Oc2ccccc2C(F)(F)F)cc1F. The van der Waals surface area contributed by atoms with E-state index < -0.39 is 46.9 Å². The second-order valence-corrected chi connectivity index (χ2v) is 8.00. The lowest BCUT2D eigenvalue weighted by atomic mass is 10.1. The van der Waals surface area contributed by atoms with Crippen molar-refractivity contribution in [1.29, 1.82) is 0 Å². The zero-order chi connectivity index (χ0) is 25.9. The van der Waals surface area contributed by atoms with Gasteiger partial charge in [0.25, 0.3) is 0 Å². The molecule has 0 radical (unpaired) electrons. The van der Waals surface area contributed by atoms with Gasteiger partial charge < -0.3 is 20.1 Å². The molecule has 2 amide bonds. The number of hydrogen-bond donors (Lipinski definition) is 2. The first-order valence-electron chi connectivity index (χ1n) is 10.6. The third-order valence-corrected chi connectivity index (χ3v) is 5.30. The minimum Gasteiger partial charge on any atom is -0.455 e. The van der Waals surface area contributed by atoms with Crippen LogP contribution in [0.15, 0.2) is 55.2 Å². The van der Waals surface area contributed by atoms with Crippen molar-refractivity contribution in [3.63, 3.8) is 0 Å². The molecule has 9 nitrogen and oxygen atoms in total. The molecule has 1 atom stereocenters. The van der Waals surface area contributed by atoms with Crippen LogP contribution in [0.25, 0.3) is 0 Å². The average Bonchev–Trinajstić information content (AvgIpc) is 3.60. The molecule has 0 bridgehead atoms. The van der Waals surface area contributed by atoms with Crippen LogP contribution in [0.1, 0.15) is 37.1 Å². The van der Waals surface area contributed by atoms with Gasteiger partial charge in [-0.05, 0) is 31.9 Å². The molecular weight excluding hydrogens is 486 g/mol. The maximum Gasteiger partial charge on any atom is 0.419 e. The third-order valence-electron chi connectivity index (χ3n) is 5.30. The number of nitrogens with zero attached hydrogens (tertiary/aromatic N) is 3. The maximum atomic E-state index is 14.7. The Kier molecular flexibility index (Phi) is 6.73. The number of ether oxygens (including phenoxy) is 2. The lowest BCUT2D eigenvalue weighted by Crippen LogP contribution is -2.50. The zero-order valence-corrected chi connectivity index (χ0v) is 18.7. The van der Waals surface area contributed by atoms with Crippen LogP contribution in [0.5, 0.6) is 17.2 Å². The number of hydrogen-bond acceptors (Lipinski definition) is 7. The molecule has 1 unspecified atom stereocenters. The number of aromatic nitrogens is 3. The van der Waals surface area contributed by atoms with Gasteiger partial charge in [0.1, 0.15) is 23.4 Å². The second kappa shape index (κ2) is 9.76. The fourth-order valence-electron chi connectivity index (χ4n) is 3.33. The molecule has 1 fully saturated rings. The molecule has 1 aromatic carbocycles. The Balaban J connectivity index is 1.39. The molecule has 1 aliphatic carbocycles. The van der Waals surface area contributed by atoms with E-state index in [1.165, 1.54) is 37.8 Å². The van der Waals surface area contributed by atoms with Gasteiger partial charge in [0.2, 0.25) is 5.91 Å². The highest BCUT2D eigenvalue weighted by atomic mass is 19.4. The Bertz CT molecular complexity index is 1270. The molecule has 0 spiro atoms. The zero-order valence-electron chi connectivity index (χ0n) is 18.7. The number of carbonyl (C=O) groups excluding carboxylic acids is 2. The first kappa shape index (κ1) is 24.8. The molecule has 1 saturated carbocycles. The van der Waals surface area contributed by atoms with Gasteiger partial charge in [-0.3, -0.25) is 9.78 Å². The Morgan fingerprint density at radius 3 is 2.42 bits per heavy atom. The third kappa shape index (κ3) is 5.67. The van der Waals surface area contributed by atoms with Gasteiger partial charge in [0.05, 0.1) is 35.9 Å². The van der Waals surface area contributed by atoms with Crippen molar-refractivity contribution >= 4 is 12.0 Å². The highest BCUT2D eigenvalue weighted by molar-refractivity contribution is 5.93. The Morgan fingerprint density at radius 1 is 1.08 bits per heavy atom. The predicted molar refractivity (Wildman–Crippen MR) is 115 cm³/mol. The van der Waals surface area contributed by atoms with Gasteiger partial charge in [0.15, 0.2) is 11.6 Å². The molecule has 2 N–H and O–H groups in total. The lowest BCUT2D eigenvalue weighted by molar-refractivity contribution is -0.138. The molecule has 2 aromatic heterocycles. The fourth-order valence-corrected chi connectivity index (χ4v) is 3.33. The number of carbonyl (C=O) groups is 2. The first-order valence-corrected chi connectivity index (χ1v) is 10.6. The van der Waals surface area contributed by atoms with Crippen molar-refractivity contribution < 1.29 is 36.6 Å². The maximum absolute atomic E-state index is 14.7. The van der Waals surface area contributed by atoms with Crippen molar-refractivity contribution in [1.82, 2.24) is 25.6 Å². The van der Waals surface area contributed by atoms with Crippen LogP contribution >= 0.6 is 0 Å². The summed E-state index contributed by atoms with van der Waals surface area (Å²) in [6, 6.07) is 4.46. The van der Waals surface area contributed by atoms with Crippen molar-refractivity contribution in [2.24, 2.45) is 0 Å². The Morgan fingerprint density at radius 2 is 1.78 bits per heavy atom. The fraction of sp³-hybridized carbons (Fsp3) is 0.261. The van der Waals surface area contributed by atoms with E-state index in [-0.39, 0.29) is 17.2 Å². The summed E-state index contributed by atoms with van der Waals surface area (Å²) in [4.78, 5) is 36.2. The first-order chi connectivity index (χ1) is 17.1. The van der Waals surface area contributed by atoms with Gasteiger partial charge in [-0.25, -0.2) is 19.2 Å². The van der Waals surface area contributed by atoms with Gasteiger partial charge in [-0.1, -0.05) is 12.1 Å². The minimum absolute atomic E-state index is 0.0889. The lowest BCUT2D eigenvalue weighted by Gasteiger charge is -2.21. The van der Waals surface area contributed by atoms with Crippen molar-refractivity contribution in [2.75, 3.05) is 0 Å². The molecule has 0 aliphatic heterocycles. The number of nitrogens with one attached hydrogen (secondary N) is 2. The largest absolute Gasteiger partial charge is 0.455 e. The number of halogens is 4.